The summed E-state index contributed by atoms with van der Waals surface area (Å²) in [6, 6.07) is -0.133. The first-order valence-corrected chi connectivity index (χ1v) is 10.7. The molecule has 0 aromatic carbocycles. The molecule has 1 amide bonds. The summed E-state index contributed by atoms with van der Waals surface area (Å²) in [4.78, 5) is 15.8. The van der Waals surface area contributed by atoms with Gasteiger partial charge in [0, 0.05) is 31.9 Å². The highest BCUT2D eigenvalue weighted by atomic mass is 32.2. The fourth-order valence-corrected chi connectivity index (χ4v) is 2.99. The summed E-state index contributed by atoms with van der Waals surface area (Å²) in [5, 5.41) is 9.17. The van der Waals surface area contributed by atoms with Crippen LogP contribution in [0.5, 0.6) is 0 Å². The summed E-state index contributed by atoms with van der Waals surface area (Å²) in [6.07, 6.45) is 2.09. The van der Waals surface area contributed by atoms with Crippen LogP contribution in [0.15, 0.2) is 4.99 Å². The molecule has 0 heterocycles. The lowest BCUT2D eigenvalue weighted by Gasteiger charge is -2.23. The maximum atomic E-state index is 11.6. The number of nitrogens with zero attached hydrogens (tertiary/aromatic N) is 1. The number of rotatable bonds is 10. The summed E-state index contributed by atoms with van der Waals surface area (Å²) < 4.78 is 27.4. The van der Waals surface area contributed by atoms with Gasteiger partial charge in [0.15, 0.2) is 5.96 Å². The Bertz CT molecular complexity index is 520. The fraction of sp³-hybridized carbons (Fsp3) is 0.875. The molecular formula is C16H34N4O4S. The summed E-state index contributed by atoms with van der Waals surface area (Å²) in [7, 11) is -1.33. The van der Waals surface area contributed by atoms with Crippen molar-refractivity contribution < 1.29 is 17.9 Å². The van der Waals surface area contributed by atoms with Crippen LogP contribution in [0, 0.1) is 5.92 Å². The Balaban J connectivity index is 4.52. The average molecular weight is 379 g/mol. The van der Waals surface area contributed by atoms with Crippen molar-refractivity contribution in [3.63, 3.8) is 0 Å². The van der Waals surface area contributed by atoms with Gasteiger partial charge in [-0.15, -0.1) is 0 Å². The van der Waals surface area contributed by atoms with Gasteiger partial charge in [-0.05, 0) is 32.6 Å². The number of sulfone groups is 1. The minimum absolute atomic E-state index is 0.0394. The van der Waals surface area contributed by atoms with E-state index in [4.69, 9.17) is 4.74 Å². The number of guanidine groups is 1. The van der Waals surface area contributed by atoms with Crippen LogP contribution >= 0.6 is 0 Å². The van der Waals surface area contributed by atoms with Crippen molar-refractivity contribution in [2.45, 2.75) is 52.6 Å². The molecule has 8 nitrogen and oxygen atoms in total. The standard InChI is InChI=1S/C16H34N4O4S/c1-7-24-16(21)20-14(10-12(2)3)11-18-15(17-5)19-13(4)8-9-25(6,22)23/h12-14H,7-11H2,1-6H3,(H,20,21)(H2,17,18,19). The molecule has 0 aromatic rings. The van der Waals surface area contributed by atoms with Crippen LogP contribution in [-0.4, -0.2) is 64.8 Å². The number of hydrogen-bond donors (Lipinski definition) is 3. The third-order valence-electron chi connectivity index (χ3n) is 3.40. The number of carbonyl (C=O) groups is 1. The maximum absolute atomic E-state index is 11.6. The van der Waals surface area contributed by atoms with Crippen LogP contribution in [0.2, 0.25) is 0 Å². The van der Waals surface area contributed by atoms with Gasteiger partial charge >= 0.3 is 6.09 Å². The molecule has 0 radical (unpaired) electrons. The molecule has 0 saturated carbocycles. The number of hydrogen-bond acceptors (Lipinski definition) is 5. The number of carbonyl (C=O) groups excluding carboxylic acids is 1. The van der Waals surface area contributed by atoms with Crippen LogP contribution in [0.1, 0.15) is 40.5 Å². The Morgan fingerprint density at radius 2 is 1.84 bits per heavy atom. The minimum Gasteiger partial charge on any atom is -0.450 e. The molecule has 0 spiro atoms. The van der Waals surface area contributed by atoms with E-state index in [9.17, 15) is 13.2 Å². The molecule has 0 aliphatic rings. The van der Waals surface area contributed by atoms with Gasteiger partial charge in [-0.1, -0.05) is 13.8 Å². The molecule has 0 rings (SSSR count). The SMILES string of the molecule is CCOC(=O)NC(CNC(=NC)NC(C)CCS(C)(=O)=O)CC(C)C. The van der Waals surface area contributed by atoms with E-state index >= 15 is 0 Å². The molecule has 9 heteroatoms. The van der Waals surface area contributed by atoms with Crippen molar-refractivity contribution in [1.29, 1.82) is 0 Å². The molecule has 148 valence electrons. The van der Waals surface area contributed by atoms with Crippen LogP contribution < -0.4 is 16.0 Å². The van der Waals surface area contributed by atoms with Crippen LogP contribution in [0.25, 0.3) is 0 Å². The molecule has 2 atom stereocenters. The molecular weight excluding hydrogens is 344 g/mol. The average Bonchev–Trinajstić information content (AvgIpc) is 2.48. The highest BCUT2D eigenvalue weighted by molar-refractivity contribution is 7.90. The van der Waals surface area contributed by atoms with E-state index in [1.807, 2.05) is 6.92 Å². The second-order valence-corrected chi connectivity index (χ2v) is 8.87. The van der Waals surface area contributed by atoms with E-state index in [1.54, 1.807) is 14.0 Å². The quantitative estimate of drug-likeness (QED) is 0.388. The molecule has 0 aliphatic heterocycles. The van der Waals surface area contributed by atoms with E-state index in [0.717, 1.165) is 6.42 Å². The Hall–Kier alpha value is -1.51. The predicted molar refractivity (Wildman–Crippen MR) is 102 cm³/mol. The largest absolute Gasteiger partial charge is 0.450 e. The third-order valence-corrected chi connectivity index (χ3v) is 4.37. The normalized spacial score (nSPS) is 14.8. The van der Waals surface area contributed by atoms with E-state index in [2.05, 4.69) is 34.8 Å². The second-order valence-electron chi connectivity index (χ2n) is 6.61. The lowest BCUT2D eigenvalue weighted by Crippen LogP contribution is -2.49. The smallest absolute Gasteiger partial charge is 0.407 e. The third kappa shape index (κ3) is 13.5. The molecule has 2 unspecified atom stereocenters. The van der Waals surface area contributed by atoms with Crippen molar-refractivity contribution in [3.05, 3.63) is 0 Å². The van der Waals surface area contributed by atoms with Gasteiger partial charge < -0.3 is 20.7 Å². The van der Waals surface area contributed by atoms with Crippen molar-refractivity contribution in [3.8, 4) is 0 Å². The maximum Gasteiger partial charge on any atom is 0.407 e. The molecule has 3 N–H and O–H groups in total. The summed E-state index contributed by atoms with van der Waals surface area (Å²) in [5.41, 5.74) is 0. The highest BCUT2D eigenvalue weighted by Crippen LogP contribution is 2.04. The number of ether oxygens (including phenoxy) is 1. The number of amides is 1. The first kappa shape index (κ1) is 23.5. The summed E-state index contributed by atoms with van der Waals surface area (Å²) >= 11 is 0. The minimum atomic E-state index is -2.98. The summed E-state index contributed by atoms with van der Waals surface area (Å²) in [6.45, 7) is 8.66. The van der Waals surface area contributed by atoms with Crippen molar-refractivity contribution >= 4 is 21.9 Å². The Labute approximate surface area is 152 Å². The van der Waals surface area contributed by atoms with Crippen molar-refractivity contribution in [2.24, 2.45) is 10.9 Å². The predicted octanol–water partition coefficient (Wildman–Crippen LogP) is 1.14. The van der Waals surface area contributed by atoms with Crippen LogP contribution in [0.4, 0.5) is 4.79 Å². The molecule has 25 heavy (non-hydrogen) atoms. The van der Waals surface area contributed by atoms with Gasteiger partial charge in [0.2, 0.25) is 0 Å². The van der Waals surface area contributed by atoms with E-state index < -0.39 is 15.9 Å². The highest BCUT2D eigenvalue weighted by Gasteiger charge is 2.16. The van der Waals surface area contributed by atoms with Gasteiger partial charge in [-0.3, -0.25) is 4.99 Å². The van der Waals surface area contributed by atoms with Crippen LogP contribution in [0.3, 0.4) is 0 Å². The Kier molecular flexibility index (Phi) is 11.2. The number of aliphatic imine (C=N–C) groups is 1. The molecule has 0 fully saturated rings. The van der Waals surface area contributed by atoms with Gasteiger partial charge in [-0.25, -0.2) is 13.2 Å². The lowest BCUT2D eigenvalue weighted by atomic mass is 10.0. The van der Waals surface area contributed by atoms with Crippen molar-refractivity contribution in [2.75, 3.05) is 32.2 Å². The first-order valence-electron chi connectivity index (χ1n) is 8.65. The number of alkyl carbamates (subject to hydrolysis) is 1. The zero-order valence-corrected chi connectivity index (χ0v) is 17.1. The molecule has 0 bridgehead atoms. The molecule has 0 aromatic heterocycles. The molecule has 0 aliphatic carbocycles. The Morgan fingerprint density at radius 1 is 1.20 bits per heavy atom. The van der Waals surface area contributed by atoms with Gasteiger partial charge in [0.25, 0.3) is 0 Å². The van der Waals surface area contributed by atoms with Crippen LogP contribution in [-0.2, 0) is 14.6 Å². The van der Waals surface area contributed by atoms with E-state index in [0.29, 0.717) is 31.4 Å². The zero-order valence-electron chi connectivity index (χ0n) is 16.3. The second kappa shape index (κ2) is 11.9. The lowest BCUT2D eigenvalue weighted by molar-refractivity contribution is 0.146. The van der Waals surface area contributed by atoms with E-state index in [-0.39, 0.29) is 17.8 Å². The topological polar surface area (TPSA) is 109 Å². The fourth-order valence-electron chi connectivity index (χ4n) is 2.21. The van der Waals surface area contributed by atoms with Gasteiger partial charge in [-0.2, -0.15) is 0 Å². The first-order chi connectivity index (χ1) is 11.6. The van der Waals surface area contributed by atoms with Gasteiger partial charge in [0.05, 0.1) is 12.4 Å². The number of nitrogens with one attached hydrogen (secondary N) is 3. The van der Waals surface area contributed by atoms with Gasteiger partial charge in [0.1, 0.15) is 9.84 Å². The monoisotopic (exact) mass is 378 g/mol. The zero-order chi connectivity index (χ0) is 19.5. The molecule has 0 saturated heterocycles. The summed E-state index contributed by atoms with van der Waals surface area (Å²) in [5.74, 6) is 1.11. The Morgan fingerprint density at radius 3 is 2.32 bits per heavy atom. The van der Waals surface area contributed by atoms with E-state index in [1.165, 1.54) is 6.26 Å². The van der Waals surface area contributed by atoms with Crippen molar-refractivity contribution in [1.82, 2.24) is 16.0 Å².